The molecule has 0 aromatic rings. The standard InChI is InChI=1S/C21H30O5/c1-12(22)15-6-7-16-14-5-4-13-8-11-20(23,24)21(25,26)19(13,3)17(14)9-10-18(15,16)2/h4-5,15-17,23-26H,6-11H2,1-3H3/t15-,16+,17-,18-,19-/m1/s1. The molecule has 0 spiro atoms. The van der Waals surface area contributed by atoms with Gasteiger partial charge in [-0.3, -0.25) is 4.79 Å². The summed E-state index contributed by atoms with van der Waals surface area (Å²) in [5.41, 5.74) is 0.806. The largest absolute Gasteiger partial charge is 0.361 e. The second-order valence-corrected chi connectivity index (χ2v) is 9.44. The van der Waals surface area contributed by atoms with Crippen molar-refractivity contribution in [2.24, 2.45) is 28.6 Å². The second kappa shape index (κ2) is 5.28. The van der Waals surface area contributed by atoms with Crippen LogP contribution >= 0.6 is 0 Å². The molecule has 4 aliphatic rings. The van der Waals surface area contributed by atoms with Crippen molar-refractivity contribution in [1.29, 1.82) is 0 Å². The lowest BCUT2D eigenvalue weighted by Crippen LogP contribution is -2.69. The molecule has 0 saturated heterocycles. The van der Waals surface area contributed by atoms with E-state index in [-0.39, 0.29) is 35.4 Å². The second-order valence-electron chi connectivity index (χ2n) is 9.44. The predicted molar refractivity (Wildman–Crippen MR) is 95.6 cm³/mol. The summed E-state index contributed by atoms with van der Waals surface area (Å²) in [4.78, 5) is 12.2. The third-order valence-corrected chi connectivity index (χ3v) is 8.47. The first-order valence-corrected chi connectivity index (χ1v) is 9.78. The average molecular weight is 362 g/mol. The summed E-state index contributed by atoms with van der Waals surface area (Å²) in [7, 11) is 0. The molecule has 0 aromatic heterocycles. The Morgan fingerprint density at radius 3 is 2.35 bits per heavy atom. The molecule has 4 aliphatic carbocycles. The zero-order chi connectivity index (χ0) is 19.1. The highest BCUT2D eigenvalue weighted by atomic mass is 16.6. The van der Waals surface area contributed by atoms with Gasteiger partial charge in [-0.2, -0.15) is 0 Å². The van der Waals surface area contributed by atoms with Crippen molar-refractivity contribution in [2.45, 2.75) is 70.9 Å². The van der Waals surface area contributed by atoms with E-state index in [0.29, 0.717) is 6.42 Å². The molecule has 0 aromatic carbocycles. The van der Waals surface area contributed by atoms with Gasteiger partial charge in [0.25, 0.3) is 0 Å². The first kappa shape index (κ1) is 18.4. The first-order chi connectivity index (χ1) is 12.0. The maximum Gasteiger partial charge on any atom is 0.228 e. The summed E-state index contributed by atoms with van der Waals surface area (Å²) >= 11 is 0. The fourth-order valence-corrected chi connectivity index (χ4v) is 6.82. The Kier molecular flexibility index (Phi) is 3.73. The van der Waals surface area contributed by atoms with Crippen LogP contribution in [0.15, 0.2) is 23.3 Å². The van der Waals surface area contributed by atoms with Crippen molar-refractivity contribution >= 4 is 5.78 Å². The van der Waals surface area contributed by atoms with Crippen molar-refractivity contribution in [1.82, 2.24) is 0 Å². The lowest BCUT2D eigenvalue weighted by Gasteiger charge is -2.60. The Hall–Kier alpha value is -1.01. The number of hydrogen-bond acceptors (Lipinski definition) is 5. The molecule has 3 fully saturated rings. The van der Waals surface area contributed by atoms with E-state index >= 15 is 0 Å². The van der Waals surface area contributed by atoms with Gasteiger partial charge in [0.1, 0.15) is 5.78 Å². The maximum atomic E-state index is 12.2. The Balaban J connectivity index is 1.80. The number of allylic oxidation sites excluding steroid dienone is 3. The Morgan fingerprint density at radius 1 is 1.00 bits per heavy atom. The van der Waals surface area contributed by atoms with Gasteiger partial charge in [-0.25, -0.2) is 0 Å². The van der Waals surface area contributed by atoms with Crippen molar-refractivity contribution in [3.8, 4) is 0 Å². The van der Waals surface area contributed by atoms with E-state index in [9.17, 15) is 25.2 Å². The van der Waals surface area contributed by atoms with Crippen LogP contribution in [0.5, 0.6) is 0 Å². The molecule has 5 heteroatoms. The number of Topliss-reactive ketones (excluding diaryl/α,β-unsaturated/α-hetero) is 1. The molecule has 0 unspecified atom stereocenters. The Bertz CT molecular complexity index is 718. The molecule has 0 radical (unpaired) electrons. The summed E-state index contributed by atoms with van der Waals surface area (Å²) in [6.07, 6.45) is 7.77. The van der Waals surface area contributed by atoms with E-state index in [0.717, 1.165) is 36.8 Å². The number of carbonyl (C=O) groups excluding carboxylic acids is 1. The molecule has 0 aliphatic heterocycles. The molecule has 0 heterocycles. The Labute approximate surface area is 154 Å². The SMILES string of the molecule is CC(=O)[C@H]1CC[C@H]2C3=CC=C4CCC(O)(O)C(O)(O)[C@@]4(C)[C@@H]3CC[C@]12C. The molecule has 26 heavy (non-hydrogen) atoms. The van der Waals surface area contributed by atoms with Crippen LogP contribution in [-0.2, 0) is 4.79 Å². The smallest absolute Gasteiger partial charge is 0.228 e. The summed E-state index contributed by atoms with van der Waals surface area (Å²) in [6.45, 7) is 5.64. The van der Waals surface area contributed by atoms with E-state index in [1.807, 2.05) is 6.08 Å². The average Bonchev–Trinajstić information content (AvgIpc) is 2.90. The number of hydrogen-bond donors (Lipinski definition) is 4. The van der Waals surface area contributed by atoms with Crippen molar-refractivity contribution in [3.63, 3.8) is 0 Å². The first-order valence-electron chi connectivity index (χ1n) is 9.78. The van der Waals surface area contributed by atoms with Gasteiger partial charge in [0.2, 0.25) is 11.6 Å². The molecule has 4 N–H and O–H groups in total. The van der Waals surface area contributed by atoms with Gasteiger partial charge in [-0.15, -0.1) is 0 Å². The number of fused-ring (bicyclic) bond motifs is 5. The van der Waals surface area contributed by atoms with Gasteiger partial charge >= 0.3 is 0 Å². The predicted octanol–water partition coefficient (Wildman–Crippen LogP) is 2.05. The third-order valence-electron chi connectivity index (χ3n) is 8.47. The minimum absolute atomic E-state index is 0.0571. The van der Waals surface area contributed by atoms with E-state index in [4.69, 9.17) is 0 Å². The zero-order valence-corrected chi connectivity index (χ0v) is 15.8. The molecule has 0 bridgehead atoms. The highest BCUT2D eigenvalue weighted by molar-refractivity contribution is 5.79. The highest BCUT2D eigenvalue weighted by Crippen LogP contribution is 2.67. The monoisotopic (exact) mass is 362 g/mol. The van der Waals surface area contributed by atoms with E-state index in [2.05, 4.69) is 13.0 Å². The number of rotatable bonds is 1. The van der Waals surface area contributed by atoms with Crippen LogP contribution in [0.2, 0.25) is 0 Å². The molecule has 144 valence electrons. The van der Waals surface area contributed by atoms with Crippen LogP contribution in [0.3, 0.4) is 0 Å². The normalized spacial score (nSPS) is 45.7. The molecular formula is C21H30O5. The zero-order valence-electron chi connectivity index (χ0n) is 15.8. The van der Waals surface area contributed by atoms with Crippen LogP contribution in [0.4, 0.5) is 0 Å². The molecule has 0 amide bonds. The quantitative estimate of drug-likeness (QED) is 0.535. The number of carbonyl (C=O) groups is 1. The van der Waals surface area contributed by atoms with Crippen LogP contribution in [0.1, 0.15) is 59.3 Å². The van der Waals surface area contributed by atoms with Gasteiger partial charge < -0.3 is 20.4 Å². The molecular weight excluding hydrogens is 332 g/mol. The van der Waals surface area contributed by atoms with Gasteiger partial charge in [-0.05, 0) is 63.2 Å². The van der Waals surface area contributed by atoms with E-state index in [1.54, 1.807) is 13.8 Å². The number of aliphatic hydroxyl groups is 4. The van der Waals surface area contributed by atoms with Gasteiger partial charge in [0.15, 0.2) is 0 Å². The summed E-state index contributed by atoms with van der Waals surface area (Å²) in [6, 6.07) is 0. The lowest BCUT2D eigenvalue weighted by atomic mass is 9.48. The topological polar surface area (TPSA) is 98.0 Å². The minimum atomic E-state index is -2.61. The van der Waals surface area contributed by atoms with Gasteiger partial charge in [-0.1, -0.05) is 30.2 Å². The number of ketones is 1. The summed E-state index contributed by atoms with van der Waals surface area (Å²) in [5, 5.41) is 42.4. The van der Waals surface area contributed by atoms with Crippen molar-refractivity contribution < 1.29 is 25.2 Å². The van der Waals surface area contributed by atoms with Gasteiger partial charge in [0.05, 0.1) is 5.41 Å². The van der Waals surface area contributed by atoms with E-state index < -0.39 is 17.0 Å². The van der Waals surface area contributed by atoms with Crippen LogP contribution in [0, 0.1) is 28.6 Å². The van der Waals surface area contributed by atoms with Crippen molar-refractivity contribution in [3.05, 3.63) is 23.3 Å². The fourth-order valence-electron chi connectivity index (χ4n) is 6.82. The summed E-state index contributed by atoms with van der Waals surface area (Å²) in [5.74, 6) is -4.76. The fraction of sp³-hybridized carbons (Fsp3) is 0.762. The molecule has 5 nitrogen and oxygen atoms in total. The van der Waals surface area contributed by atoms with Crippen LogP contribution in [0.25, 0.3) is 0 Å². The highest BCUT2D eigenvalue weighted by Gasteiger charge is 2.68. The van der Waals surface area contributed by atoms with Crippen LogP contribution in [-0.4, -0.2) is 37.8 Å². The molecule has 5 atom stereocenters. The van der Waals surface area contributed by atoms with E-state index in [1.165, 1.54) is 0 Å². The minimum Gasteiger partial charge on any atom is -0.361 e. The molecule has 4 rings (SSSR count). The summed E-state index contributed by atoms with van der Waals surface area (Å²) < 4.78 is 0. The maximum absolute atomic E-state index is 12.2. The molecule has 3 saturated carbocycles. The van der Waals surface area contributed by atoms with Crippen molar-refractivity contribution in [2.75, 3.05) is 0 Å². The Morgan fingerprint density at radius 2 is 1.69 bits per heavy atom. The van der Waals surface area contributed by atoms with Crippen LogP contribution < -0.4 is 0 Å². The third kappa shape index (κ3) is 1.98. The lowest BCUT2D eigenvalue weighted by molar-refractivity contribution is -0.407. The van der Waals surface area contributed by atoms with Gasteiger partial charge in [0, 0.05) is 12.3 Å².